The van der Waals surface area contributed by atoms with E-state index in [1.807, 2.05) is 6.92 Å². The Hall–Kier alpha value is -2.96. The average molecular weight is 549 g/mol. The zero-order chi connectivity index (χ0) is 28.5. The number of rotatable bonds is 7. The second-order valence-corrected chi connectivity index (χ2v) is 10.3. The monoisotopic (exact) mass is 548 g/mol. The van der Waals surface area contributed by atoms with Crippen LogP contribution in [0.25, 0.3) is 0 Å². The van der Waals surface area contributed by atoms with E-state index in [0.29, 0.717) is 22.8 Å². The number of aliphatic hydroxyl groups is 1. The molecule has 3 heterocycles. The molecule has 1 atom stereocenters. The highest BCUT2D eigenvalue weighted by Gasteiger charge is 2.38. The number of halogens is 5. The highest BCUT2D eigenvalue weighted by atomic mass is 19.4. The number of hydrogen-bond donors (Lipinski definition) is 1. The number of hydrogen-bond acceptors (Lipinski definition) is 7. The van der Waals surface area contributed by atoms with Crippen molar-refractivity contribution in [1.82, 2.24) is 9.97 Å². The van der Waals surface area contributed by atoms with Gasteiger partial charge in [-0.3, -0.25) is 4.90 Å². The van der Waals surface area contributed by atoms with Crippen molar-refractivity contribution in [2.45, 2.75) is 84.1 Å². The van der Waals surface area contributed by atoms with Gasteiger partial charge in [0.15, 0.2) is 5.89 Å². The van der Waals surface area contributed by atoms with Crippen LogP contribution >= 0.6 is 0 Å². The third-order valence-corrected chi connectivity index (χ3v) is 5.87. The molecule has 1 fully saturated rings. The number of pyridine rings is 1. The normalized spacial score (nSPS) is 16.9. The van der Waals surface area contributed by atoms with Gasteiger partial charge < -0.3 is 19.2 Å². The van der Waals surface area contributed by atoms with Crippen LogP contribution in [-0.2, 0) is 17.6 Å². The molecule has 0 spiro atoms. The molecule has 1 aliphatic rings. The number of aliphatic hydroxyl groups excluding tert-OH is 1. The van der Waals surface area contributed by atoms with Crippen molar-refractivity contribution in [3.05, 3.63) is 35.2 Å². The molecule has 1 N–H and O–H groups in total. The van der Waals surface area contributed by atoms with Crippen molar-refractivity contribution in [3.8, 4) is 0 Å². The summed E-state index contributed by atoms with van der Waals surface area (Å²) in [5, 5.41) is 11.0. The van der Waals surface area contributed by atoms with E-state index in [-0.39, 0.29) is 36.8 Å². The molecule has 13 heteroatoms. The first-order valence-electron chi connectivity index (χ1n) is 12.3. The predicted molar refractivity (Wildman–Crippen MR) is 130 cm³/mol. The first-order chi connectivity index (χ1) is 17.5. The molecule has 2 aromatic heterocycles. The lowest BCUT2D eigenvalue weighted by molar-refractivity contribution is -0.119. The molecular formula is C25H33F5N4O4. The number of ether oxygens (including phenoxy) is 1. The highest BCUT2D eigenvalue weighted by molar-refractivity contribution is 5.87. The van der Waals surface area contributed by atoms with Crippen LogP contribution in [0.2, 0.25) is 0 Å². The average Bonchev–Trinajstić information content (AvgIpc) is 3.14. The number of carbonyl (C=O) groups is 1. The first-order valence-corrected chi connectivity index (χ1v) is 12.3. The molecule has 0 aromatic carbocycles. The molecule has 0 bridgehead atoms. The van der Waals surface area contributed by atoms with E-state index in [4.69, 9.17) is 9.15 Å². The molecule has 0 radical (unpaired) electrons. The van der Waals surface area contributed by atoms with E-state index in [0.717, 1.165) is 0 Å². The number of aromatic nitrogens is 2. The minimum Gasteiger partial charge on any atom is -0.445 e. The van der Waals surface area contributed by atoms with Crippen LogP contribution < -0.4 is 9.80 Å². The molecule has 1 unspecified atom stereocenters. The molecule has 1 saturated heterocycles. The highest BCUT2D eigenvalue weighted by Crippen LogP contribution is 2.34. The predicted octanol–water partition coefficient (Wildman–Crippen LogP) is 5.76. The van der Waals surface area contributed by atoms with E-state index in [2.05, 4.69) is 9.97 Å². The van der Waals surface area contributed by atoms with Crippen LogP contribution in [-0.4, -0.2) is 58.5 Å². The summed E-state index contributed by atoms with van der Waals surface area (Å²) in [4.78, 5) is 23.1. The third-order valence-electron chi connectivity index (χ3n) is 5.87. The van der Waals surface area contributed by atoms with Crippen LogP contribution in [0.1, 0.15) is 69.7 Å². The van der Waals surface area contributed by atoms with Crippen LogP contribution in [0.4, 0.5) is 38.3 Å². The Balaban J connectivity index is 2.04. The van der Waals surface area contributed by atoms with Crippen molar-refractivity contribution >= 4 is 17.6 Å². The third kappa shape index (κ3) is 8.02. The summed E-state index contributed by atoms with van der Waals surface area (Å²) in [7, 11) is 0. The number of aryl methyl sites for hydroxylation is 2. The summed E-state index contributed by atoms with van der Waals surface area (Å²) in [5.41, 5.74) is -0.278. The van der Waals surface area contributed by atoms with E-state index < -0.39 is 55.1 Å². The minimum absolute atomic E-state index is 0.0699. The Morgan fingerprint density at radius 3 is 2.37 bits per heavy atom. The maximum absolute atomic E-state index is 13.8. The van der Waals surface area contributed by atoms with Gasteiger partial charge in [0.05, 0.1) is 17.8 Å². The summed E-state index contributed by atoms with van der Waals surface area (Å²) in [6.07, 6.45) is -7.91. The van der Waals surface area contributed by atoms with E-state index >= 15 is 0 Å². The quantitative estimate of drug-likeness (QED) is 0.440. The van der Waals surface area contributed by atoms with Crippen molar-refractivity contribution in [2.24, 2.45) is 0 Å². The van der Waals surface area contributed by atoms with Gasteiger partial charge in [-0.1, -0.05) is 6.92 Å². The van der Waals surface area contributed by atoms with Crippen LogP contribution in [0.5, 0.6) is 0 Å². The zero-order valence-electron chi connectivity index (χ0n) is 22.0. The van der Waals surface area contributed by atoms with E-state index in [9.17, 15) is 31.9 Å². The van der Waals surface area contributed by atoms with Gasteiger partial charge in [-0.15, -0.1) is 0 Å². The second-order valence-electron chi connectivity index (χ2n) is 10.3. The van der Waals surface area contributed by atoms with E-state index in [1.165, 1.54) is 32.9 Å². The Bertz CT molecular complexity index is 1120. The molecule has 0 aliphatic carbocycles. The van der Waals surface area contributed by atoms with Crippen LogP contribution in [0.3, 0.4) is 0 Å². The summed E-state index contributed by atoms with van der Waals surface area (Å²) >= 11 is 0. The summed E-state index contributed by atoms with van der Waals surface area (Å²) in [6, 6.07) is 2.62. The summed E-state index contributed by atoms with van der Waals surface area (Å²) in [6.45, 7) is 6.29. The Labute approximate surface area is 217 Å². The number of oxazole rings is 1. The number of alkyl halides is 5. The van der Waals surface area contributed by atoms with Gasteiger partial charge in [0.25, 0.3) is 5.92 Å². The van der Waals surface area contributed by atoms with Gasteiger partial charge in [-0.05, 0) is 33.8 Å². The fourth-order valence-electron chi connectivity index (χ4n) is 4.01. The Morgan fingerprint density at radius 2 is 1.84 bits per heavy atom. The van der Waals surface area contributed by atoms with Gasteiger partial charge in [-0.2, -0.15) is 13.2 Å². The molecule has 1 aliphatic heterocycles. The Kier molecular flexibility index (Phi) is 8.59. The second kappa shape index (κ2) is 11.0. The van der Waals surface area contributed by atoms with Gasteiger partial charge in [0.1, 0.15) is 29.8 Å². The molecule has 38 heavy (non-hydrogen) atoms. The topological polar surface area (TPSA) is 91.9 Å². The maximum Gasteiger partial charge on any atom is 0.416 e. The number of amides is 1. The molecule has 8 nitrogen and oxygen atoms in total. The smallest absolute Gasteiger partial charge is 0.416 e. The van der Waals surface area contributed by atoms with Crippen molar-refractivity contribution in [1.29, 1.82) is 0 Å². The number of anilines is 2. The molecule has 0 saturated carbocycles. The lowest BCUT2D eigenvalue weighted by Crippen LogP contribution is -2.43. The van der Waals surface area contributed by atoms with Crippen LogP contribution in [0.15, 0.2) is 16.5 Å². The first kappa shape index (κ1) is 29.6. The SMILES string of the molecule is CCc1oc(CC(O)c2cc(N3CCC(F)(F)CC3)cc(N(CC(F)(F)F)C(=O)OC(C)(C)C)n2)nc1C. The molecule has 2 aromatic rings. The molecular weight excluding hydrogens is 515 g/mol. The lowest BCUT2D eigenvalue weighted by atomic mass is 10.1. The summed E-state index contributed by atoms with van der Waals surface area (Å²) < 4.78 is 78.9. The number of nitrogens with zero attached hydrogens (tertiary/aromatic N) is 4. The largest absolute Gasteiger partial charge is 0.445 e. The molecule has 1 amide bonds. The number of carbonyl (C=O) groups excluding carboxylic acids is 1. The maximum atomic E-state index is 13.8. The zero-order valence-corrected chi connectivity index (χ0v) is 22.0. The fourth-order valence-corrected chi connectivity index (χ4v) is 4.01. The standard InChI is InChI=1S/C25H33F5N4O4/c1-6-19-15(2)31-21(37-19)13-18(35)17-11-16(33-9-7-24(26,27)8-10-33)12-20(32-17)34(14-25(28,29)30)22(36)38-23(3,4)5/h11-12,18,35H,6-10,13-14H2,1-5H3. The van der Waals surface area contributed by atoms with Crippen molar-refractivity contribution < 1.29 is 41.0 Å². The minimum atomic E-state index is -4.80. The number of piperidine rings is 1. The van der Waals surface area contributed by atoms with Gasteiger partial charge in [0, 0.05) is 44.1 Å². The Morgan fingerprint density at radius 1 is 1.21 bits per heavy atom. The lowest BCUT2D eigenvalue weighted by Gasteiger charge is -2.34. The van der Waals surface area contributed by atoms with Gasteiger partial charge in [0.2, 0.25) is 0 Å². The fraction of sp³-hybridized carbons (Fsp3) is 0.640. The van der Waals surface area contributed by atoms with Gasteiger partial charge in [-0.25, -0.2) is 23.5 Å². The van der Waals surface area contributed by atoms with Crippen LogP contribution in [0, 0.1) is 6.92 Å². The summed E-state index contributed by atoms with van der Waals surface area (Å²) in [5.74, 6) is -2.45. The van der Waals surface area contributed by atoms with Crippen molar-refractivity contribution in [3.63, 3.8) is 0 Å². The molecule has 212 valence electrons. The van der Waals surface area contributed by atoms with Crippen molar-refractivity contribution in [2.75, 3.05) is 29.4 Å². The van der Waals surface area contributed by atoms with Gasteiger partial charge >= 0.3 is 12.3 Å². The molecule has 3 rings (SSSR count). The van der Waals surface area contributed by atoms with E-state index in [1.54, 1.807) is 11.8 Å².